The van der Waals surface area contributed by atoms with Crippen LogP contribution >= 0.6 is 0 Å². The number of carbonyl (C=O) groups excluding carboxylic acids is 1. The number of aromatic nitrogens is 3. The first kappa shape index (κ1) is 16.8. The zero-order chi connectivity index (χ0) is 17.0. The van der Waals surface area contributed by atoms with E-state index in [0.717, 1.165) is 22.4 Å². The van der Waals surface area contributed by atoms with Crippen LogP contribution < -0.4 is 10.6 Å². The highest BCUT2D eigenvalue weighted by molar-refractivity contribution is 5.91. The summed E-state index contributed by atoms with van der Waals surface area (Å²) in [5, 5.41) is 10.6. The van der Waals surface area contributed by atoms with E-state index in [2.05, 4.69) is 20.7 Å². The Bertz CT molecular complexity index is 736. The van der Waals surface area contributed by atoms with Crippen molar-refractivity contribution < 1.29 is 18.0 Å². The van der Waals surface area contributed by atoms with E-state index in [4.69, 9.17) is 0 Å². The molecule has 0 saturated carbocycles. The van der Waals surface area contributed by atoms with E-state index in [-0.39, 0.29) is 12.6 Å². The lowest BCUT2D eigenvalue weighted by atomic mass is 10.2. The van der Waals surface area contributed by atoms with Gasteiger partial charge in [0.25, 0.3) is 0 Å². The SMILES string of the molecule is Cc1nn(C)c2nccc(NCCNC(=O)/C=C/C(F)(F)F)c12. The van der Waals surface area contributed by atoms with Crippen LogP contribution in [0.15, 0.2) is 24.4 Å². The van der Waals surface area contributed by atoms with E-state index in [1.807, 2.05) is 6.92 Å². The van der Waals surface area contributed by atoms with Crippen molar-refractivity contribution in [2.75, 3.05) is 18.4 Å². The van der Waals surface area contributed by atoms with Crippen LogP contribution in [-0.4, -0.2) is 39.9 Å². The van der Waals surface area contributed by atoms with Gasteiger partial charge in [-0.2, -0.15) is 18.3 Å². The summed E-state index contributed by atoms with van der Waals surface area (Å²) in [6.45, 7) is 2.40. The van der Waals surface area contributed by atoms with Crippen LogP contribution in [0.4, 0.5) is 18.9 Å². The Morgan fingerprint density at radius 3 is 2.83 bits per heavy atom. The van der Waals surface area contributed by atoms with Gasteiger partial charge >= 0.3 is 6.18 Å². The number of rotatable bonds is 5. The van der Waals surface area contributed by atoms with Gasteiger partial charge in [-0.1, -0.05) is 0 Å². The number of nitrogens with zero attached hydrogens (tertiary/aromatic N) is 3. The number of hydrogen-bond donors (Lipinski definition) is 2. The van der Waals surface area contributed by atoms with Crippen LogP contribution in [0.5, 0.6) is 0 Å². The van der Waals surface area contributed by atoms with Gasteiger partial charge in [-0.15, -0.1) is 0 Å². The Labute approximate surface area is 130 Å². The first-order valence-electron chi connectivity index (χ1n) is 6.84. The number of nitrogens with one attached hydrogen (secondary N) is 2. The van der Waals surface area contributed by atoms with Gasteiger partial charge in [0.2, 0.25) is 5.91 Å². The molecule has 0 aliphatic rings. The summed E-state index contributed by atoms with van der Waals surface area (Å²) in [5.74, 6) is -0.790. The number of carbonyl (C=O) groups is 1. The molecule has 2 rings (SSSR count). The molecular weight excluding hydrogens is 311 g/mol. The quantitative estimate of drug-likeness (QED) is 0.650. The van der Waals surface area contributed by atoms with Crippen molar-refractivity contribution in [1.82, 2.24) is 20.1 Å². The Hall–Kier alpha value is -2.58. The highest BCUT2D eigenvalue weighted by atomic mass is 19.4. The number of pyridine rings is 1. The Morgan fingerprint density at radius 2 is 2.13 bits per heavy atom. The molecule has 0 aromatic carbocycles. The normalized spacial score (nSPS) is 12.0. The van der Waals surface area contributed by atoms with Crippen molar-refractivity contribution in [3.05, 3.63) is 30.1 Å². The number of allylic oxidation sites excluding steroid dienone is 1. The highest BCUT2D eigenvalue weighted by Gasteiger charge is 2.22. The first-order chi connectivity index (χ1) is 10.8. The Morgan fingerprint density at radius 1 is 1.39 bits per heavy atom. The summed E-state index contributed by atoms with van der Waals surface area (Å²) in [6, 6.07) is 1.78. The van der Waals surface area contributed by atoms with Crippen molar-refractivity contribution in [1.29, 1.82) is 0 Å². The van der Waals surface area contributed by atoms with Gasteiger partial charge in [0.15, 0.2) is 5.65 Å². The van der Waals surface area contributed by atoms with E-state index in [1.165, 1.54) is 0 Å². The van der Waals surface area contributed by atoms with Gasteiger partial charge in [0.05, 0.1) is 11.1 Å². The minimum atomic E-state index is -4.49. The monoisotopic (exact) mass is 327 g/mol. The number of alkyl halides is 3. The number of aryl methyl sites for hydroxylation is 2. The van der Waals surface area contributed by atoms with E-state index in [1.54, 1.807) is 24.0 Å². The zero-order valence-electron chi connectivity index (χ0n) is 12.6. The molecular formula is C14H16F3N5O. The third kappa shape index (κ3) is 4.44. The van der Waals surface area contributed by atoms with Crippen molar-refractivity contribution in [3.63, 3.8) is 0 Å². The van der Waals surface area contributed by atoms with E-state index in [9.17, 15) is 18.0 Å². The second-order valence-corrected chi connectivity index (χ2v) is 4.86. The molecule has 2 heterocycles. The van der Waals surface area contributed by atoms with Crippen molar-refractivity contribution in [2.24, 2.45) is 7.05 Å². The molecule has 23 heavy (non-hydrogen) atoms. The molecule has 6 nitrogen and oxygen atoms in total. The van der Waals surface area contributed by atoms with Crippen LogP contribution in [-0.2, 0) is 11.8 Å². The molecule has 0 atom stereocenters. The predicted molar refractivity (Wildman–Crippen MR) is 79.9 cm³/mol. The standard InChI is InChI=1S/C14H16F3N5O/c1-9-12-10(4-6-20-13(12)22(2)21-9)18-7-8-19-11(23)3-5-14(15,16)17/h3-6H,7-8H2,1-2H3,(H,18,20)(H,19,23)/b5-3+. The maximum absolute atomic E-state index is 11.9. The average molecular weight is 327 g/mol. The maximum Gasteiger partial charge on any atom is 0.409 e. The molecule has 0 fully saturated rings. The molecule has 2 aromatic heterocycles. The van der Waals surface area contributed by atoms with Crippen LogP contribution in [0, 0.1) is 6.92 Å². The zero-order valence-corrected chi connectivity index (χ0v) is 12.6. The molecule has 2 aromatic rings. The molecule has 0 spiro atoms. The molecule has 124 valence electrons. The van der Waals surface area contributed by atoms with Gasteiger partial charge in [0.1, 0.15) is 0 Å². The number of halogens is 3. The summed E-state index contributed by atoms with van der Waals surface area (Å²) in [4.78, 5) is 15.5. The minimum Gasteiger partial charge on any atom is -0.383 e. The summed E-state index contributed by atoms with van der Waals surface area (Å²) < 4.78 is 37.4. The fourth-order valence-corrected chi connectivity index (χ4v) is 2.13. The summed E-state index contributed by atoms with van der Waals surface area (Å²) in [7, 11) is 1.79. The number of fused-ring (bicyclic) bond motifs is 1. The average Bonchev–Trinajstić information content (AvgIpc) is 2.76. The molecule has 0 unspecified atom stereocenters. The van der Waals surface area contributed by atoms with Crippen molar-refractivity contribution in [2.45, 2.75) is 13.1 Å². The number of amides is 1. The molecule has 0 bridgehead atoms. The second-order valence-electron chi connectivity index (χ2n) is 4.86. The molecule has 0 aliphatic heterocycles. The molecule has 0 radical (unpaired) electrons. The summed E-state index contributed by atoms with van der Waals surface area (Å²) >= 11 is 0. The largest absolute Gasteiger partial charge is 0.409 e. The van der Waals surface area contributed by atoms with Crippen LogP contribution in [0.3, 0.4) is 0 Å². The highest BCUT2D eigenvalue weighted by Crippen LogP contribution is 2.23. The van der Waals surface area contributed by atoms with Gasteiger partial charge in [-0.25, -0.2) is 4.98 Å². The fourth-order valence-electron chi connectivity index (χ4n) is 2.13. The summed E-state index contributed by atoms with van der Waals surface area (Å²) in [6.07, 6.45) is -2.48. The second kappa shape index (κ2) is 6.67. The third-order valence-electron chi connectivity index (χ3n) is 3.06. The van der Waals surface area contributed by atoms with Gasteiger partial charge in [-0.05, 0) is 13.0 Å². The minimum absolute atomic E-state index is 0.0961. The number of hydrogen-bond acceptors (Lipinski definition) is 4. The lowest BCUT2D eigenvalue weighted by molar-refractivity contribution is -0.117. The third-order valence-corrected chi connectivity index (χ3v) is 3.06. The maximum atomic E-state index is 11.9. The Balaban J connectivity index is 1.90. The molecule has 2 N–H and O–H groups in total. The van der Waals surface area contributed by atoms with E-state index < -0.39 is 12.1 Å². The topological polar surface area (TPSA) is 71.8 Å². The predicted octanol–water partition coefficient (Wildman–Crippen LogP) is 1.92. The lowest BCUT2D eigenvalue weighted by Crippen LogP contribution is -2.27. The number of anilines is 1. The molecule has 1 amide bonds. The van der Waals surface area contributed by atoms with Crippen molar-refractivity contribution >= 4 is 22.6 Å². The smallest absolute Gasteiger partial charge is 0.383 e. The fraction of sp³-hybridized carbons (Fsp3) is 0.357. The van der Waals surface area contributed by atoms with E-state index in [0.29, 0.717) is 12.6 Å². The van der Waals surface area contributed by atoms with E-state index >= 15 is 0 Å². The van der Waals surface area contributed by atoms with Gasteiger partial charge < -0.3 is 10.6 Å². The molecule has 0 aliphatic carbocycles. The first-order valence-corrected chi connectivity index (χ1v) is 6.84. The van der Waals surface area contributed by atoms with Gasteiger partial charge in [-0.3, -0.25) is 9.48 Å². The van der Waals surface area contributed by atoms with Gasteiger partial charge in [0, 0.05) is 44.2 Å². The molecule has 9 heteroatoms. The van der Waals surface area contributed by atoms with Crippen LogP contribution in [0.1, 0.15) is 5.69 Å². The van der Waals surface area contributed by atoms with Crippen molar-refractivity contribution in [3.8, 4) is 0 Å². The lowest BCUT2D eigenvalue weighted by Gasteiger charge is -2.08. The summed E-state index contributed by atoms with van der Waals surface area (Å²) in [5.41, 5.74) is 2.35. The van der Waals surface area contributed by atoms with Crippen LogP contribution in [0.25, 0.3) is 11.0 Å². The van der Waals surface area contributed by atoms with Crippen LogP contribution in [0.2, 0.25) is 0 Å². The Kier molecular flexibility index (Phi) is 4.87. The molecule has 0 saturated heterocycles.